The zero-order valence-corrected chi connectivity index (χ0v) is 13.6. The molecule has 0 unspecified atom stereocenters. The van der Waals surface area contributed by atoms with Crippen molar-refractivity contribution in [2.24, 2.45) is 0 Å². The van der Waals surface area contributed by atoms with Gasteiger partial charge in [0.2, 0.25) is 10.0 Å². The summed E-state index contributed by atoms with van der Waals surface area (Å²) >= 11 is 0. The zero-order valence-electron chi connectivity index (χ0n) is 12.8. The largest absolute Gasteiger partial charge is 0.465 e. The Balaban J connectivity index is 3.05. The molecule has 1 atom stereocenters. The first-order chi connectivity index (χ1) is 9.81. The lowest BCUT2D eigenvalue weighted by atomic mass is 10.1. The lowest BCUT2D eigenvalue weighted by Crippen LogP contribution is -2.39. The number of rotatable bonds is 7. The third-order valence-electron chi connectivity index (χ3n) is 2.96. The van der Waals surface area contributed by atoms with Crippen molar-refractivity contribution < 1.29 is 17.9 Å². The summed E-state index contributed by atoms with van der Waals surface area (Å²) < 4.78 is 31.8. The molecule has 21 heavy (non-hydrogen) atoms. The molecule has 0 fully saturated rings. The Morgan fingerprint density at radius 3 is 2.62 bits per heavy atom. The minimum atomic E-state index is -3.77. The second-order valence-electron chi connectivity index (χ2n) is 4.80. The maximum Gasteiger partial charge on any atom is 0.339 e. The number of esters is 1. The second-order valence-corrected chi connectivity index (χ2v) is 6.54. The van der Waals surface area contributed by atoms with E-state index in [1.807, 2.05) is 13.8 Å². The molecular formula is C14H22N2O4S. The van der Waals surface area contributed by atoms with Crippen LogP contribution in [-0.2, 0) is 14.8 Å². The van der Waals surface area contributed by atoms with Gasteiger partial charge in [-0.25, -0.2) is 17.9 Å². The molecule has 0 aliphatic carbocycles. The van der Waals surface area contributed by atoms with Crippen molar-refractivity contribution >= 4 is 16.0 Å². The summed E-state index contributed by atoms with van der Waals surface area (Å²) in [6.45, 7) is 6.59. The minimum Gasteiger partial charge on any atom is -0.465 e. The number of aryl methyl sites for hydroxylation is 1. The van der Waals surface area contributed by atoms with Crippen LogP contribution in [0.25, 0.3) is 0 Å². The third kappa shape index (κ3) is 4.80. The van der Waals surface area contributed by atoms with Crippen LogP contribution in [0.5, 0.6) is 0 Å². The number of sulfonamides is 1. The molecule has 0 saturated carbocycles. The van der Waals surface area contributed by atoms with Crippen LogP contribution in [0.3, 0.4) is 0 Å². The third-order valence-corrected chi connectivity index (χ3v) is 4.44. The van der Waals surface area contributed by atoms with Crippen LogP contribution in [0.4, 0.5) is 0 Å². The Morgan fingerprint density at radius 2 is 2.05 bits per heavy atom. The Labute approximate surface area is 125 Å². The van der Waals surface area contributed by atoms with Crippen molar-refractivity contribution in [3.63, 3.8) is 0 Å². The zero-order chi connectivity index (χ0) is 16.0. The van der Waals surface area contributed by atoms with Gasteiger partial charge in [-0.1, -0.05) is 18.6 Å². The average Bonchev–Trinajstić information content (AvgIpc) is 2.44. The van der Waals surface area contributed by atoms with Crippen LogP contribution >= 0.6 is 0 Å². The van der Waals surface area contributed by atoms with Gasteiger partial charge in [0.15, 0.2) is 0 Å². The fraction of sp³-hybridized carbons (Fsp3) is 0.500. The van der Waals surface area contributed by atoms with Crippen LogP contribution in [-0.4, -0.2) is 40.6 Å². The SMILES string of the molecule is CCN[C@H](C)CNS(=O)(=O)c1ccc(C)cc1C(=O)OC. The number of ether oxygens (including phenoxy) is 1. The molecule has 0 amide bonds. The number of benzene rings is 1. The summed E-state index contributed by atoms with van der Waals surface area (Å²) in [6.07, 6.45) is 0. The standard InChI is InChI=1S/C14H22N2O4S/c1-5-15-11(3)9-16-21(18,19)13-7-6-10(2)8-12(13)14(17)20-4/h6-8,11,15-16H,5,9H2,1-4H3/t11-/m1/s1. The van der Waals surface area contributed by atoms with Gasteiger partial charge in [0.1, 0.15) is 0 Å². The Kier molecular flexibility index (Phi) is 6.32. The Bertz CT molecular complexity index is 599. The van der Waals surface area contributed by atoms with Crippen LogP contribution in [0, 0.1) is 6.92 Å². The van der Waals surface area contributed by atoms with Crippen molar-refractivity contribution in [2.75, 3.05) is 20.2 Å². The van der Waals surface area contributed by atoms with Gasteiger partial charge in [0.05, 0.1) is 17.6 Å². The number of carbonyl (C=O) groups excluding carboxylic acids is 1. The number of likely N-dealkylation sites (N-methyl/N-ethyl adjacent to an activating group) is 1. The summed E-state index contributed by atoms with van der Waals surface area (Å²) in [4.78, 5) is 11.7. The van der Waals surface area contributed by atoms with Gasteiger partial charge in [0.25, 0.3) is 0 Å². The van der Waals surface area contributed by atoms with Crippen LogP contribution in [0.2, 0.25) is 0 Å². The quantitative estimate of drug-likeness (QED) is 0.735. The van der Waals surface area contributed by atoms with Gasteiger partial charge in [-0.05, 0) is 32.5 Å². The maximum atomic E-state index is 12.3. The molecule has 0 heterocycles. The highest BCUT2D eigenvalue weighted by molar-refractivity contribution is 7.89. The number of hydrogen-bond donors (Lipinski definition) is 2. The van der Waals surface area contributed by atoms with E-state index >= 15 is 0 Å². The molecule has 0 spiro atoms. The van der Waals surface area contributed by atoms with Gasteiger partial charge in [-0.3, -0.25) is 0 Å². The highest BCUT2D eigenvalue weighted by Crippen LogP contribution is 2.18. The molecule has 6 nitrogen and oxygen atoms in total. The van der Waals surface area contributed by atoms with Gasteiger partial charge >= 0.3 is 5.97 Å². The molecule has 1 aromatic rings. The van der Waals surface area contributed by atoms with Crippen molar-refractivity contribution in [3.8, 4) is 0 Å². The summed E-state index contributed by atoms with van der Waals surface area (Å²) in [6, 6.07) is 4.57. The predicted octanol–water partition coefficient (Wildman–Crippen LogP) is 1.06. The molecule has 2 N–H and O–H groups in total. The fourth-order valence-electron chi connectivity index (χ4n) is 1.88. The number of nitrogens with one attached hydrogen (secondary N) is 2. The Morgan fingerprint density at radius 1 is 1.38 bits per heavy atom. The van der Waals surface area contributed by atoms with E-state index in [1.54, 1.807) is 13.0 Å². The van der Waals surface area contributed by atoms with E-state index in [-0.39, 0.29) is 23.0 Å². The number of methoxy groups -OCH3 is 1. The van der Waals surface area contributed by atoms with Crippen molar-refractivity contribution in [1.82, 2.24) is 10.0 Å². The molecule has 0 aliphatic heterocycles. The lowest BCUT2D eigenvalue weighted by Gasteiger charge is -2.15. The van der Waals surface area contributed by atoms with Crippen molar-refractivity contribution in [2.45, 2.75) is 31.7 Å². The molecular weight excluding hydrogens is 292 g/mol. The Hall–Kier alpha value is -1.44. The van der Waals surface area contributed by atoms with E-state index in [4.69, 9.17) is 0 Å². The van der Waals surface area contributed by atoms with E-state index in [2.05, 4.69) is 14.8 Å². The molecule has 0 aliphatic rings. The molecule has 1 rings (SSSR count). The lowest BCUT2D eigenvalue weighted by molar-refractivity contribution is 0.0596. The van der Waals surface area contributed by atoms with E-state index < -0.39 is 16.0 Å². The average molecular weight is 314 g/mol. The van der Waals surface area contributed by atoms with Crippen LogP contribution in [0.1, 0.15) is 29.8 Å². The van der Waals surface area contributed by atoms with E-state index in [9.17, 15) is 13.2 Å². The molecule has 7 heteroatoms. The monoisotopic (exact) mass is 314 g/mol. The second kappa shape index (κ2) is 7.53. The first-order valence-electron chi connectivity index (χ1n) is 6.73. The van der Waals surface area contributed by atoms with Crippen molar-refractivity contribution in [3.05, 3.63) is 29.3 Å². The predicted molar refractivity (Wildman–Crippen MR) is 80.8 cm³/mol. The molecule has 1 aromatic carbocycles. The normalized spacial score (nSPS) is 13.0. The molecule has 0 radical (unpaired) electrons. The highest BCUT2D eigenvalue weighted by Gasteiger charge is 2.23. The molecule has 0 saturated heterocycles. The van der Waals surface area contributed by atoms with Gasteiger partial charge in [-0.2, -0.15) is 0 Å². The van der Waals surface area contributed by atoms with Crippen LogP contribution < -0.4 is 10.0 Å². The van der Waals surface area contributed by atoms with Gasteiger partial charge < -0.3 is 10.1 Å². The summed E-state index contributed by atoms with van der Waals surface area (Å²) in [7, 11) is -2.54. The molecule has 0 aromatic heterocycles. The number of carbonyl (C=O) groups is 1. The van der Waals surface area contributed by atoms with Crippen LogP contribution in [0.15, 0.2) is 23.1 Å². The fourth-order valence-corrected chi connectivity index (χ4v) is 3.18. The van der Waals surface area contributed by atoms with Gasteiger partial charge in [0, 0.05) is 12.6 Å². The van der Waals surface area contributed by atoms with E-state index in [0.717, 1.165) is 12.1 Å². The van der Waals surface area contributed by atoms with Gasteiger partial charge in [-0.15, -0.1) is 0 Å². The van der Waals surface area contributed by atoms with E-state index in [0.29, 0.717) is 0 Å². The van der Waals surface area contributed by atoms with E-state index in [1.165, 1.54) is 19.2 Å². The minimum absolute atomic E-state index is 0.00296. The highest BCUT2D eigenvalue weighted by atomic mass is 32.2. The first-order valence-corrected chi connectivity index (χ1v) is 8.22. The maximum absolute atomic E-state index is 12.3. The number of hydrogen-bond acceptors (Lipinski definition) is 5. The molecule has 0 bridgehead atoms. The topological polar surface area (TPSA) is 84.5 Å². The molecule has 118 valence electrons. The smallest absolute Gasteiger partial charge is 0.339 e. The summed E-state index contributed by atoms with van der Waals surface area (Å²) in [5.74, 6) is -0.668. The summed E-state index contributed by atoms with van der Waals surface area (Å²) in [5.41, 5.74) is 0.830. The first kappa shape index (κ1) is 17.6. The van der Waals surface area contributed by atoms with Crippen molar-refractivity contribution in [1.29, 1.82) is 0 Å². The summed E-state index contributed by atoms with van der Waals surface area (Å²) in [5, 5.41) is 3.11.